The number of hydrazone groups is 1. The average molecular weight is 533 g/mol. The Bertz CT molecular complexity index is 1050. The van der Waals surface area contributed by atoms with Crippen LogP contribution in [-0.2, 0) is 14.4 Å². The fourth-order valence-electron chi connectivity index (χ4n) is 2.93. The van der Waals surface area contributed by atoms with Gasteiger partial charge in [-0.2, -0.15) is 5.10 Å². The van der Waals surface area contributed by atoms with Gasteiger partial charge in [0.05, 0.1) is 17.3 Å². The Morgan fingerprint density at radius 2 is 1.76 bits per heavy atom. The minimum atomic E-state index is -0.858. The van der Waals surface area contributed by atoms with Gasteiger partial charge in [-0.1, -0.05) is 25.1 Å². The van der Waals surface area contributed by atoms with Crippen molar-refractivity contribution >= 4 is 45.6 Å². The van der Waals surface area contributed by atoms with Gasteiger partial charge >= 0.3 is 11.8 Å². The van der Waals surface area contributed by atoms with Crippen LogP contribution < -0.4 is 25.5 Å². The van der Waals surface area contributed by atoms with Crippen molar-refractivity contribution in [2.45, 2.75) is 34.1 Å². The lowest BCUT2D eigenvalue weighted by Gasteiger charge is -2.15. The first-order valence-electron chi connectivity index (χ1n) is 10.8. The molecule has 0 unspecified atom stereocenters. The van der Waals surface area contributed by atoms with Crippen LogP contribution in [0.4, 0.5) is 5.69 Å². The highest BCUT2D eigenvalue weighted by Crippen LogP contribution is 2.36. The molecule has 0 aliphatic heterocycles. The number of hydrogen-bond donors (Lipinski definition) is 3. The molecular weight excluding hydrogens is 504 g/mol. The van der Waals surface area contributed by atoms with Gasteiger partial charge in [0, 0.05) is 12.2 Å². The molecule has 0 atom stereocenters. The van der Waals surface area contributed by atoms with Gasteiger partial charge in [0.25, 0.3) is 5.91 Å². The van der Waals surface area contributed by atoms with E-state index in [1.165, 1.54) is 6.21 Å². The summed E-state index contributed by atoms with van der Waals surface area (Å²) < 4.78 is 11.9. The fraction of sp³-hybridized carbons (Fsp3) is 0.333. The van der Waals surface area contributed by atoms with Crippen molar-refractivity contribution in [3.63, 3.8) is 0 Å². The lowest BCUT2D eigenvalue weighted by Crippen LogP contribution is -2.38. The number of ether oxygens (including phenoxy) is 2. The van der Waals surface area contributed by atoms with Gasteiger partial charge in [-0.3, -0.25) is 14.4 Å². The van der Waals surface area contributed by atoms with E-state index in [4.69, 9.17) is 9.47 Å². The molecule has 0 fully saturated rings. The van der Waals surface area contributed by atoms with Crippen LogP contribution in [0.15, 0.2) is 39.9 Å². The minimum absolute atomic E-state index is 0.219. The smallest absolute Gasteiger partial charge is 0.329 e. The van der Waals surface area contributed by atoms with E-state index in [1.54, 1.807) is 12.1 Å². The van der Waals surface area contributed by atoms with Crippen molar-refractivity contribution in [3.05, 3.63) is 51.5 Å². The zero-order valence-electron chi connectivity index (χ0n) is 19.7. The second-order valence-electron chi connectivity index (χ2n) is 7.32. The number of nitrogens with zero attached hydrogens (tertiary/aromatic N) is 1. The molecule has 0 aromatic heterocycles. The maximum atomic E-state index is 12.5. The standard InChI is InChI=1S/C24H29BrN4O5/c1-5-10-26-23(31)24(32)29-27-13-17-11-18(25)22(19(12-17)33-6-2)34-14-20(30)28-21-15(3)8-7-9-16(21)4/h7-9,11-13H,5-6,10,14H2,1-4H3,(H,26,31)(H,28,30)(H,29,32)/b27-13-. The maximum Gasteiger partial charge on any atom is 0.329 e. The zero-order valence-corrected chi connectivity index (χ0v) is 21.2. The number of hydrogen-bond acceptors (Lipinski definition) is 6. The summed E-state index contributed by atoms with van der Waals surface area (Å²) in [5, 5.41) is 9.16. The lowest BCUT2D eigenvalue weighted by atomic mass is 10.1. The molecule has 0 heterocycles. The number of para-hydroxylation sites is 1. The van der Waals surface area contributed by atoms with Crippen molar-refractivity contribution in [2.24, 2.45) is 5.10 Å². The van der Waals surface area contributed by atoms with Crippen LogP contribution in [0.2, 0.25) is 0 Å². The Labute approximate surface area is 207 Å². The van der Waals surface area contributed by atoms with Crippen molar-refractivity contribution in [1.82, 2.24) is 10.7 Å². The third-order valence-electron chi connectivity index (χ3n) is 4.55. The van der Waals surface area contributed by atoms with Gasteiger partial charge in [-0.15, -0.1) is 0 Å². The second-order valence-corrected chi connectivity index (χ2v) is 8.18. The summed E-state index contributed by atoms with van der Waals surface area (Å²) >= 11 is 3.43. The summed E-state index contributed by atoms with van der Waals surface area (Å²) in [6, 6.07) is 9.12. The number of rotatable bonds is 10. The first-order valence-corrected chi connectivity index (χ1v) is 11.6. The van der Waals surface area contributed by atoms with E-state index in [9.17, 15) is 14.4 Å². The topological polar surface area (TPSA) is 118 Å². The fourth-order valence-corrected chi connectivity index (χ4v) is 3.50. The Morgan fingerprint density at radius 3 is 2.41 bits per heavy atom. The Balaban J connectivity index is 2.07. The lowest BCUT2D eigenvalue weighted by molar-refractivity contribution is -0.139. The van der Waals surface area contributed by atoms with Gasteiger partial charge in [-0.05, 0) is 71.9 Å². The van der Waals surface area contributed by atoms with E-state index in [1.807, 2.05) is 45.9 Å². The molecule has 2 aromatic carbocycles. The molecule has 0 saturated heterocycles. The van der Waals surface area contributed by atoms with Crippen LogP contribution in [0.5, 0.6) is 11.5 Å². The zero-order chi connectivity index (χ0) is 25.1. The van der Waals surface area contributed by atoms with Crippen molar-refractivity contribution in [2.75, 3.05) is 25.1 Å². The molecule has 0 radical (unpaired) electrons. The molecule has 10 heteroatoms. The highest BCUT2D eigenvalue weighted by molar-refractivity contribution is 9.10. The van der Waals surface area contributed by atoms with Gasteiger partial charge in [0.2, 0.25) is 0 Å². The van der Waals surface area contributed by atoms with Gasteiger partial charge in [0.15, 0.2) is 18.1 Å². The highest BCUT2D eigenvalue weighted by Gasteiger charge is 2.15. The number of benzene rings is 2. The third-order valence-corrected chi connectivity index (χ3v) is 5.14. The quantitative estimate of drug-likeness (QED) is 0.246. The monoisotopic (exact) mass is 532 g/mol. The molecule has 34 heavy (non-hydrogen) atoms. The van der Waals surface area contributed by atoms with Crippen molar-refractivity contribution < 1.29 is 23.9 Å². The van der Waals surface area contributed by atoms with Crippen LogP contribution in [0, 0.1) is 13.8 Å². The van der Waals surface area contributed by atoms with E-state index >= 15 is 0 Å². The summed E-state index contributed by atoms with van der Waals surface area (Å²) in [6.45, 7) is 8.11. The number of carbonyl (C=O) groups is 3. The van der Waals surface area contributed by atoms with Gasteiger partial charge in [0.1, 0.15) is 0 Å². The first kappa shape index (κ1) is 26.8. The summed E-state index contributed by atoms with van der Waals surface area (Å²) in [7, 11) is 0. The minimum Gasteiger partial charge on any atom is -0.490 e. The van der Waals surface area contributed by atoms with E-state index in [0.717, 1.165) is 23.2 Å². The maximum absolute atomic E-state index is 12.5. The van der Waals surface area contributed by atoms with Gasteiger partial charge in [-0.25, -0.2) is 5.43 Å². The van der Waals surface area contributed by atoms with Crippen LogP contribution >= 0.6 is 15.9 Å². The molecule has 0 aliphatic carbocycles. The number of anilines is 1. The molecule has 0 bridgehead atoms. The van der Waals surface area contributed by atoms with Crippen molar-refractivity contribution in [3.8, 4) is 11.5 Å². The summed E-state index contributed by atoms with van der Waals surface area (Å²) in [4.78, 5) is 35.8. The number of halogens is 1. The summed E-state index contributed by atoms with van der Waals surface area (Å²) in [6.07, 6.45) is 2.09. The number of amides is 3. The molecule has 0 aliphatic rings. The highest BCUT2D eigenvalue weighted by atomic mass is 79.9. The molecule has 0 spiro atoms. The van der Waals surface area contributed by atoms with Crippen LogP contribution in [0.25, 0.3) is 0 Å². The molecule has 0 saturated carbocycles. The normalized spacial score (nSPS) is 10.6. The Kier molecular flexibility index (Phi) is 10.5. The van der Waals surface area contributed by atoms with Crippen LogP contribution in [0.3, 0.4) is 0 Å². The van der Waals surface area contributed by atoms with E-state index < -0.39 is 11.8 Å². The number of nitrogens with one attached hydrogen (secondary N) is 3. The largest absolute Gasteiger partial charge is 0.490 e. The van der Waals surface area contributed by atoms with E-state index in [-0.39, 0.29) is 12.5 Å². The molecule has 3 amide bonds. The van der Waals surface area contributed by atoms with E-state index in [0.29, 0.717) is 34.7 Å². The third kappa shape index (κ3) is 7.87. The molecular formula is C24H29BrN4O5. The Morgan fingerprint density at radius 1 is 1.06 bits per heavy atom. The number of aryl methyl sites for hydroxylation is 2. The molecule has 182 valence electrons. The van der Waals surface area contributed by atoms with Crippen LogP contribution in [-0.4, -0.2) is 43.7 Å². The average Bonchev–Trinajstić information content (AvgIpc) is 2.79. The predicted molar refractivity (Wildman–Crippen MR) is 134 cm³/mol. The molecule has 2 rings (SSSR count). The van der Waals surface area contributed by atoms with E-state index in [2.05, 4.69) is 37.1 Å². The molecule has 3 N–H and O–H groups in total. The number of carbonyl (C=O) groups excluding carboxylic acids is 3. The Hall–Kier alpha value is -3.40. The van der Waals surface area contributed by atoms with Crippen LogP contribution in [0.1, 0.15) is 37.0 Å². The molecule has 9 nitrogen and oxygen atoms in total. The first-order chi connectivity index (χ1) is 16.3. The SMILES string of the molecule is CCCNC(=O)C(=O)N/N=C\c1cc(Br)c(OCC(=O)Nc2c(C)cccc2C)c(OCC)c1. The molecule has 2 aromatic rings. The van der Waals surface area contributed by atoms with Gasteiger partial charge < -0.3 is 20.1 Å². The second kappa shape index (κ2) is 13.3. The summed E-state index contributed by atoms with van der Waals surface area (Å²) in [5.74, 6) is -1.16. The van der Waals surface area contributed by atoms with Crippen molar-refractivity contribution in [1.29, 1.82) is 0 Å². The predicted octanol–water partition coefficient (Wildman–Crippen LogP) is 3.46. The summed E-state index contributed by atoms with van der Waals surface area (Å²) in [5.41, 5.74) is 5.44.